The van der Waals surface area contributed by atoms with E-state index in [1.165, 1.54) is 0 Å². The molecule has 1 unspecified atom stereocenters. The Morgan fingerprint density at radius 3 is 2.64 bits per heavy atom. The first-order valence-corrected chi connectivity index (χ1v) is 4.39. The highest BCUT2D eigenvalue weighted by Crippen LogP contribution is 2.65. The van der Waals surface area contributed by atoms with Crippen LogP contribution in [0.2, 0.25) is 0 Å². The lowest BCUT2D eigenvalue weighted by atomic mass is 9.94. The van der Waals surface area contributed by atoms with Gasteiger partial charge in [0, 0.05) is 0 Å². The number of rotatable bonds is 0. The largest absolute Gasteiger partial charge is 0.389 e. The van der Waals surface area contributed by atoms with Gasteiger partial charge in [0.1, 0.15) is 0 Å². The lowest BCUT2D eigenvalue weighted by Crippen LogP contribution is -2.15. The first-order chi connectivity index (χ1) is 5.03. The van der Waals surface area contributed by atoms with Crippen LogP contribution in [0.15, 0.2) is 12.2 Å². The van der Waals surface area contributed by atoms with E-state index in [1.54, 1.807) is 0 Å². The first kappa shape index (κ1) is 7.35. The molecule has 2 rings (SSSR count). The monoisotopic (exact) mass is 152 g/mol. The Kier molecular flexibility index (Phi) is 1.26. The second-order valence-electron chi connectivity index (χ2n) is 4.65. The van der Waals surface area contributed by atoms with Crippen LogP contribution in [0, 0.1) is 17.3 Å². The molecule has 0 radical (unpaired) electrons. The molecule has 2 aliphatic rings. The van der Waals surface area contributed by atoms with Crippen molar-refractivity contribution in [2.45, 2.75) is 32.8 Å². The second kappa shape index (κ2) is 1.89. The molecular weight excluding hydrogens is 136 g/mol. The highest BCUT2D eigenvalue weighted by Gasteiger charge is 2.59. The molecule has 2 saturated carbocycles. The Morgan fingerprint density at radius 1 is 1.45 bits per heavy atom. The maximum Gasteiger partial charge on any atom is 0.0750 e. The third-order valence-electron chi connectivity index (χ3n) is 3.72. The van der Waals surface area contributed by atoms with Gasteiger partial charge in [-0.15, -0.1) is 0 Å². The van der Waals surface area contributed by atoms with E-state index in [4.69, 9.17) is 0 Å². The normalized spacial score (nSPS) is 46.8. The molecule has 0 aromatic carbocycles. The Balaban J connectivity index is 2.12. The zero-order valence-corrected chi connectivity index (χ0v) is 7.30. The van der Waals surface area contributed by atoms with Crippen molar-refractivity contribution >= 4 is 0 Å². The van der Waals surface area contributed by atoms with Gasteiger partial charge in [0.15, 0.2) is 0 Å². The molecular formula is C10H16O. The summed E-state index contributed by atoms with van der Waals surface area (Å²) in [6.07, 6.45) is 1.80. The number of hydrogen-bond donors (Lipinski definition) is 1. The van der Waals surface area contributed by atoms with Gasteiger partial charge in [-0.05, 0) is 35.7 Å². The molecule has 0 bridgehead atoms. The molecule has 2 fully saturated rings. The Bertz CT molecular complexity index is 205. The molecule has 1 heteroatoms. The van der Waals surface area contributed by atoms with Gasteiger partial charge in [-0.25, -0.2) is 0 Å². The summed E-state index contributed by atoms with van der Waals surface area (Å²) >= 11 is 0. The summed E-state index contributed by atoms with van der Waals surface area (Å²) in [4.78, 5) is 0. The summed E-state index contributed by atoms with van der Waals surface area (Å²) in [7, 11) is 0. The standard InChI is InChI=1S/C10H16O/c1-6-4-7-8(5-9(6)11)10(7,2)3/h7-9,11H,1,4-5H2,2-3H3/t7-,8+,9?/m1/s1. The molecule has 0 saturated heterocycles. The average molecular weight is 152 g/mol. The van der Waals surface area contributed by atoms with Gasteiger partial charge in [-0.3, -0.25) is 0 Å². The minimum atomic E-state index is -0.210. The molecule has 1 N–H and O–H groups in total. The van der Waals surface area contributed by atoms with E-state index >= 15 is 0 Å². The van der Waals surface area contributed by atoms with Gasteiger partial charge < -0.3 is 5.11 Å². The van der Waals surface area contributed by atoms with E-state index in [-0.39, 0.29) is 6.10 Å². The van der Waals surface area contributed by atoms with Crippen molar-refractivity contribution in [1.29, 1.82) is 0 Å². The number of aliphatic hydroxyl groups is 1. The van der Waals surface area contributed by atoms with Crippen LogP contribution in [0.4, 0.5) is 0 Å². The summed E-state index contributed by atoms with van der Waals surface area (Å²) in [6.45, 7) is 8.49. The fourth-order valence-electron chi connectivity index (χ4n) is 2.56. The molecule has 0 spiro atoms. The van der Waals surface area contributed by atoms with Crippen LogP contribution >= 0.6 is 0 Å². The smallest absolute Gasteiger partial charge is 0.0750 e. The van der Waals surface area contributed by atoms with Crippen molar-refractivity contribution in [3.8, 4) is 0 Å². The Morgan fingerprint density at radius 2 is 2.09 bits per heavy atom. The molecule has 0 amide bonds. The predicted molar refractivity (Wildman–Crippen MR) is 45.1 cm³/mol. The predicted octanol–water partition coefficient (Wildman–Crippen LogP) is 1.97. The van der Waals surface area contributed by atoms with Crippen LogP contribution in [0.1, 0.15) is 26.7 Å². The zero-order chi connectivity index (χ0) is 8.22. The van der Waals surface area contributed by atoms with E-state index in [0.717, 1.165) is 30.3 Å². The highest BCUT2D eigenvalue weighted by atomic mass is 16.3. The number of aliphatic hydroxyl groups excluding tert-OH is 1. The van der Waals surface area contributed by atoms with Crippen LogP contribution < -0.4 is 0 Å². The van der Waals surface area contributed by atoms with Crippen molar-refractivity contribution in [2.75, 3.05) is 0 Å². The summed E-state index contributed by atoms with van der Waals surface area (Å²) in [5.74, 6) is 1.58. The summed E-state index contributed by atoms with van der Waals surface area (Å²) in [5.41, 5.74) is 1.54. The van der Waals surface area contributed by atoms with Crippen molar-refractivity contribution in [3.05, 3.63) is 12.2 Å². The van der Waals surface area contributed by atoms with Crippen LogP contribution in [-0.4, -0.2) is 11.2 Å². The average Bonchev–Trinajstić information content (AvgIpc) is 2.39. The fourth-order valence-corrected chi connectivity index (χ4v) is 2.56. The first-order valence-electron chi connectivity index (χ1n) is 4.39. The highest BCUT2D eigenvalue weighted by molar-refractivity contribution is 5.20. The maximum atomic E-state index is 9.51. The molecule has 0 aliphatic heterocycles. The molecule has 0 aromatic heterocycles. The Hall–Kier alpha value is -0.300. The number of hydrogen-bond acceptors (Lipinski definition) is 1. The van der Waals surface area contributed by atoms with E-state index in [1.807, 2.05) is 0 Å². The van der Waals surface area contributed by atoms with E-state index < -0.39 is 0 Å². The Labute approximate surface area is 68.1 Å². The molecule has 0 aromatic rings. The number of fused-ring (bicyclic) bond motifs is 1. The van der Waals surface area contributed by atoms with Gasteiger partial charge in [-0.2, -0.15) is 0 Å². The van der Waals surface area contributed by atoms with Gasteiger partial charge >= 0.3 is 0 Å². The third-order valence-corrected chi connectivity index (χ3v) is 3.72. The summed E-state index contributed by atoms with van der Waals surface area (Å²) < 4.78 is 0. The maximum absolute atomic E-state index is 9.51. The van der Waals surface area contributed by atoms with Gasteiger partial charge in [-0.1, -0.05) is 20.4 Å². The van der Waals surface area contributed by atoms with Gasteiger partial charge in [0.25, 0.3) is 0 Å². The molecule has 62 valence electrons. The van der Waals surface area contributed by atoms with E-state index in [0.29, 0.717) is 5.41 Å². The van der Waals surface area contributed by atoms with E-state index in [2.05, 4.69) is 20.4 Å². The molecule has 11 heavy (non-hydrogen) atoms. The lowest BCUT2D eigenvalue weighted by Gasteiger charge is -2.17. The minimum Gasteiger partial charge on any atom is -0.389 e. The quantitative estimate of drug-likeness (QED) is 0.526. The minimum absolute atomic E-state index is 0.210. The van der Waals surface area contributed by atoms with Crippen LogP contribution in [0.3, 0.4) is 0 Å². The SMILES string of the molecule is C=C1C[C@@H]2[C@H](CC1O)C2(C)C. The molecule has 0 heterocycles. The van der Waals surface area contributed by atoms with Gasteiger partial charge in [0.05, 0.1) is 6.10 Å². The van der Waals surface area contributed by atoms with Crippen molar-refractivity contribution < 1.29 is 5.11 Å². The lowest BCUT2D eigenvalue weighted by molar-refractivity contribution is 0.172. The van der Waals surface area contributed by atoms with E-state index in [9.17, 15) is 5.11 Å². The van der Waals surface area contributed by atoms with Crippen molar-refractivity contribution in [1.82, 2.24) is 0 Å². The zero-order valence-electron chi connectivity index (χ0n) is 7.30. The second-order valence-corrected chi connectivity index (χ2v) is 4.65. The third kappa shape index (κ3) is 0.871. The summed E-state index contributed by atoms with van der Waals surface area (Å²) in [5, 5.41) is 9.51. The van der Waals surface area contributed by atoms with Crippen LogP contribution in [0.25, 0.3) is 0 Å². The molecule has 3 atom stereocenters. The topological polar surface area (TPSA) is 20.2 Å². The van der Waals surface area contributed by atoms with Crippen LogP contribution in [-0.2, 0) is 0 Å². The van der Waals surface area contributed by atoms with Crippen molar-refractivity contribution in [2.24, 2.45) is 17.3 Å². The van der Waals surface area contributed by atoms with Gasteiger partial charge in [0.2, 0.25) is 0 Å². The van der Waals surface area contributed by atoms with Crippen LogP contribution in [0.5, 0.6) is 0 Å². The summed E-state index contributed by atoms with van der Waals surface area (Å²) in [6, 6.07) is 0. The molecule has 1 nitrogen and oxygen atoms in total. The van der Waals surface area contributed by atoms with Crippen molar-refractivity contribution in [3.63, 3.8) is 0 Å². The fraction of sp³-hybridized carbons (Fsp3) is 0.800. The molecule has 2 aliphatic carbocycles.